The van der Waals surface area contributed by atoms with Crippen LogP contribution in [-0.2, 0) is 0 Å². The van der Waals surface area contributed by atoms with Crippen molar-refractivity contribution in [2.45, 2.75) is 26.4 Å². The second-order valence-electron chi connectivity index (χ2n) is 5.31. The summed E-state index contributed by atoms with van der Waals surface area (Å²) in [4.78, 5) is 15.3. The molecule has 1 heterocycles. The Morgan fingerprint density at radius 1 is 1.41 bits per heavy atom. The van der Waals surface area contributed by atoms with Gasteiger partial charge in [0.25, 0.3) is 5.91 Å². The molecule has 0 aliphatic heterocycles. The van der Waals surface area contributed by atoms with Crippen LogP contribution in [0.3, 0.4) is 0 Å². The normalized spacial score (nSPS) is 13.6. The number of hydrogen-bond donors (Lipinski definition) is 3. The number of nitrogens with zero attached hydrogens (tertiary/aromatic N) is 1. The van der Waals surface area contributed by atoms with Gasteiger partial charge in [0.05, 0.1) is 6.10 Å². The molecule has 2 aromatic rings. The topological polar surface area (TPSA) is 70.1 Å². The summed E-state index contributed by atoms with van der Waals surface area (Å²) in [7, 11) is 0. The maximum absolute atomic E-state index is 12.4. The summed E-state index contributed by atoms with van der Waals surface area (Å²) in [6.45, 7) is 4.19. The average Bonchev–Trinajstić information content (AvgIpc) is 2.94. The fraction of sp³-hybridized carbons (Fsp3) is 0.375. The molecule has 2 atom stereocenters. The maximum Gasteiger partial charge on any atom is 0.269 e. The standard InChI is InChI=1S/C16H21N3O2S/c1-3-11(2)14(20)10-17-15(21)13-9-18-16(22)19(13)12-7-5-4-6-8-12/h4-9,11,14,20H,3,10H2,1-2H3,(H,17,21)(H,18,22)/t11-,14-/m0/s1. The highest BCUT2D eigenvalue weighted by molar-refractivity contribution is 7.71. The molecule has 1 aromatic carbocycles. The highest BCUT2D eigenvalue weighted by atomic mass is 32.1. The number of aromatic amines is 1. The highest BCUT2D eigenvalue weighted by Gasteiger charge is 2.17. The van der Waals surface area contributed by atoms with E-state index in [0.717, 1.165) is 12.1 Å². The summed E-state index contributed by atoms with van der Waals surface area (Å²) in [5.74, 6) is -0.124. The molecule has 0 aliphatic carbocycles. The summed E-state index contributed by atoms with van der Waals surface area (Å²) in [6, 6.07) is 9.45. The minimum atomic E-state index is -0.555. The highest BCUT2D eigenvalue weighted by Crippen LogP contribution is 2.13. The number of carbonyl (C=O) groups excluding carboxylic acids is 1. The lowest BCUT2D eigenvalue weighted by Crippen LogP contribution is -2.36. The molecule has 0 fully saturated rings. The SMILES string of the molecule is CC[C@H](C)[C@@H](O)CNC(=O)c1c[nH]c(=S)n1-c1ccccc1. The Bertz CT molecular complexity index is 678. The van der Waals surface area contributed by atoms with Gasteiger partial charge in [0.15, 0.2) is 4.77 Å². The van der Waals surface area contributed by atoms with Crippen molar-refractivity contribution < 1.29 is 9.90 Å². The van der Waals surface area contributed by atoms with Crippen LogP contribution in [0.15, 0.2) is 36.5 Å². The molecule has 1 amide bonds. The molecular formula is C16H21N3O2S. The molecule has 0 spiro atoms. The molecule has 1 aromatic heterocycles. The largest absolute Gasteiger partial charge is 0.391 e. The minimum absolute atomic E-state index is 0.141. The van der Waals surface area contributed by atoms with Crippen LogP contribution < -0.4 is 5.32 Å². The van der Waals surface area contributed by atoms with E-state index in [1.54, 1.807) is 10.8 Å². The lowest BCUT2D eigenvalue weighted by Gasteiger charge is -2.17. The Kier molecular flexibility index (Phi) is 5.51. The predicted octanol–water partition coefficient (Wildman–Crippen LogP) is 2.67. The second kappa shape index (κ2) is 7.38. The maximum atomic E-state index is 12.4. The van der Waals surface area contributed by atoms with Crippen molar-refractivity contribution in [3.63, 3.8) is 0 Å². The van der Waals surface area contributed by atoms with Crippen LogP contribution in [0.5, 0.6) is 0 Å². The van der Waals surface area contributed by atoms with Crippen molar-refractivity contribution in [2.75, 3.05) is 6.54 Å². The smallest absolute Gasteiger partial charge is 0.269 e. The Labute approximate surface area is 135 Å². The first-order valence-electron chi connectivity index (χ1n) is 7.36. The number of aliphatic hydroxyl groups is 1. The first-order valence-corrected chi connectivity index (χ1v) is 7.77. The molecule has 5 nitrogen and oxygen atoms in total. The van der Waals surface area contributed by atoms with Crippen molar-refractivity contribution in [3.8, 4) is 5.69 Å². The van der Waals surface area contributed by atoms with Gasteiger partial charge in [0.2, 0.25) is 0 Å². The van der Waals surface area contributed by atoms with E-state index >= 15 is 0 Å². The fourth-order valence-corrected chi connectivity index (χ4v) is 2.39. The quantitative estimate of drug-likeness (QED) is 0.717. The number of H-pyrrole nitrogens is 1. The van der Waals surface area contributed by atoms with Gasteiger partial charge in [-0.05, 0) is 30.3 Å². The predicted molar refractivity (Wildman–Crippen MR) is 88.7 cm³/mol. The number of benzene rings is 1. The van der Waals surface area contributed by atoms with E-state index in [1.165, 1.54) is 0 Å². The van der Waals surface area contributed by atoms with Gasteiger partial charge >= 0.3 is 0 Å². The molecule has 118 valence electrons. The van der Waals surface area contributed by atoms with Crippen molar-refractivity contribution in [1.82, 2.24) is 14.9 Å². The summed E-state index contributed by atoms with van der Waals surface area (Å²) in [5, 5.41) is 12.7. The van der Waals surface area contributed by atoms with Gasteiger partial charge in [-0.2, -0.15) is 0 Å². The van der Waals surface area contributed by atoms with Crippen LogP contribution in [0.1, 0.15) is 30.8 Å². The molecule has 0 unspecified atom stereocenters. The van der Waals surface area contributed by atoms with Gasteiger partial charge < -0.3 is 15.4 Å². The van der Waals surface area contributed by atoms with Gasteiger partial charge in [-0.1, -0.05) is 38.5 Å². The number of amides is 1. The summed E-state index contributed by atoms with van der Waals surface area (Å²) < 4.78 is 2.14. The fourth-order valence-electron chi connectivity index (χ4n) is 2.13. The Hall–Kier alpha value is -1.92. The van der Waals surface area contributed by atoms with Crippen molar-refractivity contribution >= 4 is 18.1 Å². The Morgan fingerprint density at radius 3 is 2.73 bits per heavy atom. The number of aliphatic hydroxyl groups excluding tert-OH is 1. The average molecular weight is 319 g/mol. The lowest BCUT2D eigenvalue weighted by molar-refractivity contribution is 0.0844. The second-order valence-corrected chi connectivity index (χ2v) is 5.70. The molecular weight excluding hydrogens is 298 g/mol. The van der Waals surface area contributed by atoms with Crippen molar-refractivity contribution in [1.29, 1.82) is 0 Å². The van der Waals surface area contributed by atoms with E-state index in [1.807, 2.05) is 44.2 Å². The number of rotatable bonds is 6. The van der Waals surface area contributed by atoms with Crippen LogP contribution in [0, 0.1) is 10.7 Å². The number of para-hydroxylation sites is 1. The molecule has 3 N–H and O–H groups in total. The van der Waals surface area contributed by atoms with Crippen LogP contribution in [0.4, 0.5) is 0 Å². The summed E-state index contributed by atoms with van der Waals surface area (Å²) in [5.41, 5.74) is 1.24. The first-order chi connectivity index (χ1) is 10.5. The van der Waals surface area contributed by atoms with Gasteiger partial charge in [-0.15, -0.1) is 0 Å². The molecule has 0 radical (unpaired) electrons. The third-order valence-electron chi connectivity index (χ3n) is 3.80. The van der Waals surface area contributed by atoms with E-state index in [9.17, 15) is 9.90 Å². The zero-order valence-electron chi connectivity index (χ0n) is 12.7. The molecule has 0 aliphatic rings. The molecule has 0 saturated carbocycles. The third kappa shape index (κ3) is 3.64. The molecule has 6 heteroatoms. The van der Waals surface area contributed by atoms with E-state index in [4.69, 9.17) is 12.2 Å². The third-order valence-corrected chi connectivity index (χ3v) is 4.10. The van der Waals surface area contributed by atoms with E-state index in [0.29, 0.717) is 10.5 Å². The zero-order chi connectivity index (χ0) is 16.1. The van der Waals surface area contributed by atoms with Crippen LogP contribution in [0.2, 0.25) is 0 Å². The molecule has 22 heavy (non-hydrogen) atoms. The Morgan fingerprint density at radius 2 is 2.09 bits per heavy atom. The monoisotopic (exact) mass is 319 g/mol. The number of carbonyl (C=O) groups is 1. The summed E-state index contributed by atoms with van der Waals surface area (Å²) in [6.07, 6.45) is 1.89. The van der Waals surface area contributed by atoms with Gasteiger partial charge in [0.1, 0.15) is 5.69 Å². The molecule has 0 saturated heterocycles. The minimum Gasteiger partial charge on any atom is -0.391 e. The van der Waals surface area contributed by atoms with Gasteiger partial charge in [-0.3, -0.25) is 9.36 Å². The summed E-state index contributed by atoms with van der Waals surface area (Å²) >= 11 is 5.25. The van der Waals surface area contributed by atoms with Gasteiger partial charge in [-0.25, -0.2) is 0 Å². The van der Waals surface area contributed by atoms with E-state index in [2.05, 4.69) is 10.3 Å². The van der Waals surface area contributed by atoms with Crippen LogP contribution in [0.25, 0.3) is 5.69 Å². The number of hydrogen-bond acceptors (Lipinski definition) is 3. The van der Waals surface area contributed by atoms with Crippen LogP contribution >= 0.6 is 12.2 Å². The van der Waals surface area contributed by atoms with Crippen LogP contribution in [-0.4, -0.2) is 33.2 Å². The molecule has 2 rings (SSSR count). The number of imidazole rings is 1. The van der Waals surface area contributed by atoms with Gasteiger partial charge in [0, 0.05) is 18.4 Å². The van der Waals surface area contributed by atoms with Crippen molar-refractivity contribution in [3.05, 3.63) is 47.0 Å². The number of aromatic nitrogens is 2. The lowest BCUT2D eigenvalue weighted by atomic mass is 10.0. The number of nitrogens with one attached hydrogen (secondary N) is 2. The first kappa shape index (κ1) is 16.5. The Balaban J connectivity index is 2.17. The molecule has 0 bridgehead atoms. The van der Waals surface area contributed by atoms with E-state index < -0.39 is 6.10 Å². The van der Waals surface area contributed by atoms with E-state index in [-0.39, 0.29) is 18.4 Å². The zero-order valence-corrected chi connectivity index (χ0v) is 13.6. The van der Waals surface area contributed by atoms with Crippen molar-refractivity contribution in [2.24, 2.45) is 5.92 Å².